The van der Waals surface area contributed by atoms with Crippen molar-refractivity contribution in [1.82, 2.24) is 20.4 Å². The van der Waals surface area contributed by atoms with Crippen molar-refractivity contribution in [3.63, 3.8) is 0 Å². The molecule has 0 aromatic rings. The first-order valence-electron chi connectivity index (χ1n) is 11.0. The molecule has 8 heteroatoms. The molecule has 2 rings (SSSR count). The molecule has 0 spiro atoms. The summed E-state index contributed by atoms with van der Waals surface area (Å²) in [7, 11) is 1.68. The van der Waals surface area contributed by atoms with Crippen LogP contribution in [0.15, 0.2) is 0 Å². The minimum Gasteiger partial charge on any atom is -0.480 e. The van der Waals surface area contributed by atoms with Crippen LogP contribution in [0, 0.1) is 11.8 Å². The maximum absolute atomic E-state index is 13.2. The molecule has 0 aromatic carbocycles. The van der Waals surface area contributed by atoms with E-state index >= 15 is 0 Å². The van der Waals surface area contributed by atoms with Gasteiger partial charge in [-0.05, 0) is 38.6 Å². The van der Waals surface area contributed by atoms with E-state index in [0.717, 1.165) is 6.54 Å². The second-order valence-corrected chi connectivity index (χ2v) is 8.89. The number of carboxylic acids is 1. The predicted molar refractivity (Wildman–Crippen MR) is 111 cm³/mol. The Morgan fingerprint density at radius 1 is 1.07 bits per heavy atom. The van der Waals surface area contributed by atoms with E-state index in [2.05, 4.69) is 15.5 Å². The molecule has 8 nitrogen and oxygen atoms in total. The van der Waals surface area contributed by atoms with Gasteiger partial charge in [0.2, 0.25) is 11.8 Å². The Bertz CT molecular complexity index is 577. The summed E-state index contributed by atoms with van der Waals surface area (Å²) >= 11 is 0. The molecule has 1 heterocycles. The van der Waals surface area contributed by atoms with Gasteiger partial charge >= 0.3 is 5.97 Å². The van der Waals surface area contributed by atoms with E-state index in [4.69, 9.17) is 0 Å². The second kappa shape index (κ2) is 10.9. The van der Waals surface area contributed by atoms with Gasteiger partial charge in [-0.2, -0.15) is 0 Å². The number of piperazine rings is 1. The van der Waals surface area contributed by atoms with Crippen molar-refractivity contribution in [3.8, 4) is 0 Å². The fourth-order valence-electron chi connectivity index (χ4n) is 4.32. The van der Waals surface area contributed by atoms with Gasteiger partial charge in [-0.15, -0.1) is 0 Å². The van der Waals surface area contributed by atoms with Crippen LogP contribution in [0.25, 0.3) is 0 Å². The van der Waals surface area contributed by atoms with Gasteiger partial charge in [0, 0.05) is 26.2 Å². The Labute approximate surface area is 174 Å². The highest BCUT2D eigenvalue weighted by Crippen LogP contribution is 2.25. The quantitative estimate of drug-likeness (QED) is 0.550. The maximum atomic E-state index is 13.2. The van der Waals surface area contributed by atoms with Crippen LogP contribution in [0.4, 0.5) is 0 Å². The molecule has 29 heavy (non-hydrogen) atoms. The first-order chi connectivity index (χ1) is 13.7. The van der Waals surface area contributed by atoms with E-state index in [-0.39, 0.29) is 17.7 Å². The van der Waals surface area contributed by atoms with Gasteiger partial charge in [0.1, 0.15) is 12.1 Å². The number of likely N-dealkylation sites (N-methyl/N-ethyl adjacent to an activating group) is 1. The van der Waals surface area contributed by atoms with Crippen molar-refractivity contribution < 1.29 is 19.5 Å². The van der Waals surface area contributed by atoms with Gasteiger partial charge in [-0.25, -0.2) is 4.79 Å². The molecule has 1 saturated heterocycles. The van der Waals surface area contributed by atoms with Crippen LogP contribution >= 0.6 is 0 Å². The van der Waals surface area contributed by atoms with Crippen molar-refractivity contribution in [3.05, 3.63) is 0 Å². The van der Waals surface area contributed by atoms with Crippen molar-refractivity contribution in [1.29, 1.82) is 0 Å². The number of hydrogen-bond donors (Lipinski definition) is 3. The molecule has 2 fully saturated rings. The number of hydrogen-bond acceptors (Lipinski definition) is 5. The zero-order valence-corrected chi connectivity index (χ0v) is 18.3. The van der Waals surface area contributed by atoms with Gasteiger partial charge in [-0.3, -0.25) is 14.5 Å². The van der Waals surface area contributed by atoms with Crippen LogP contribution in [0.1, 0.15) is 52.9 Å². The van der Waals surface area contributed by atoms with Crippen LogP contribution in [0.5, 0.6) is 0 Å². The summed E-state index contributed by atoms with van der Waals surface area (Å²) in [6.07, 6.45) is 6.23. The fourth-order valence-corrected chi connectivity index (χ4v) is 4.32. The largest absolute Gasteiger partial charge is 0.480 e. The lowest BCUT2D eigenvalue weighted by molar-refractivity contribution is -0.155. The Morgan fingerprint density at radius 2 is 1.72 bits per heavy atom. The van der Waals surface area contributed by atoms with Gasteiger partial charge in [0.15, 0.2) is 0 Å². The Morgan fingerprint density at radius 3 is 2.28 bits per heavy atom. The van der Waals surface area contributed by atoms with Crippen LogP contribution in [-0.2, 0) is 14.4 Å². The molecule has 3 N–H and O–H groups in total. The molecule has 3 unspecified atom stereocenters. The van der Waals surface area contributed by atoms with E-state index in [1.165, 1.54) is 37.0 Å². The summed E-state index contributed by atoms with van der Waals surface area (Å²) in [5.41, 5.74) is 0. The highest BCUT2D eigenvalue weighted by molar-refractivity contribution is 5.92. The number of nitrogens with zero attached hydrogens (tertiary/aromatic N) is 2. The molecular weight excluding hydrogens is 372 g/mol. The van der Waals surface area contributed by atoms with Gasteiger partial charge in [0.05, 0.1) is 6.04 Å². The van der Waals surface area contributed by atoms with Crippen LogP contribution in [-0.4, -0.2) is 84.0 Å². The molecule has 0 aromatic heterocycles. The normalized spacial score (nSPS) is 23.6. The minimum absolute atomic E-state index is 0.134. The number of amides is 2. The minimum atomic E-state index is -0.982. The summed E-state index contributed by atoms with van der Waals surface area (Å²) in [6.45, 7) is 7.77. The first-order valence-corrected chi connectivity index (χ1v) is 11.0. The zero-order chi connectivity index (χ0) is 21.6. The van der Waals surface area contributed by atoms with Gasteiger partial charge in [-0.1, -0.05) is 33.1 Å². The molecule has 0 bridgehead atoms. The molecule has 3 atom stereocenters. The van der Waals surface area contributed by atoms with Crippen molar-refractivity contribution in [2.45, 2.75) is 71.0 Å². The molecular formula is C21H38N4O4. The maximum Gasteiger partial charge on any atom is 0.327 e. The summed E-state index contributed by atoms with van der Waals surface area (Å²) in [4.78, 5) is 41.1. The third-order valence-corrected chi connectivity index (χ3v) is 6.33. The smallest absolute Gasteiger partial charge is 0.327 e. The number of nitrogens with one attached hydrogen (secondary N) is 2. The Hall–Kier alpha value is -1.67. The Kier molecular flexibility index (Phi) is 8.89. The van der Waals surface area contributed by atoms with Crippen molar-refractivity contribution in [2.75, 3.05) is 33.2 Å². The highest BCUT2D eigenvalue weighted by Gasteiger charge is 2.39. The van der Waals surface area contributed by atoms with Crippen LogP contribution < -0.4 is 10.6 Å². The molecule has 1 saturated carbocycles. The monoisotopic (exact) mass is 410 g/mol. The molecule has 0 radical (unpaired) electrons. The van der Waals surface area contributed by atoms with Crippen LogP contribution in [0.2, 0.25) is 0 Å². The predicted octanol–water partition coefficient (Wildman–Crippen LogP) is 0.913. The summed E-state index contributed by atoms with van der Waals surface area (Å²) in [5, 5.41) is 15.5. The highest BCUT2D eigenvalue weighted by atomic mass is 16.4. The summed E-state index contributed by atoms with van der Waals surface area (Å²) in [6, 6.07) is -2.03. The van der Waals surface area contributed by atoms with Crippen LogP contribution in [0.3, 0.4) is 0 Å². The first kappa shape index (κ1) is 23.6. The third-order valence-electron chi connectivity index (χ3n) is 6.33. The number of carbonyl (C=O) groups is 3. The molecule has 1 aliphatic carbocycles. The average molecular weight is 411 g/mol. The summed E-state index contributed by atoms with van der Waals surface area (Å²) in [5.74, 6) is -1.05. The lowest BCUT2D eigenvalue weighted by atomic mass is 9.88. The fraction of sp³-hybridized carbons (Fsp3) is 0.857. The Balaban J connectivity index is 2.05. The number of carbonyl (C=O) groups excluding carboxylic acids is 2. The van der Waals surface area contributed by atoms with Crippen molar-refractivity contribution >= 4 is 17.8 Å². The van der Waals surface area contributed by atoms with E-state index in [1.54, 1.807) is 14.0 Å². The van der Waals surface area contributed by atoms with Gasteiger partial charge < -0.3 is 20.6 Å². The second-order valence-electron chi connectivity index (χ2n) is 8.89. The van der Waals surface area contributed by atoms with E-state index in [0.29, 0.717) is 25.6 Å². The van der Waals surface area contributed by atoms with Crippen molar-refractivity contribution in [2.24, 2.45) is 11.8 Å². The average Bonchev–Trinajstić information content (AvgIpc) is 2.71. The lowest BCUT2D eigenvalue weighted by Crippen LogP contribution is -2.63. The molecule has 166 valence electrons. The number of carboxylic acid groups (broad SMARTS) is 1. The number of rotatable bonds is 8. The zero-order valence-electron chi connectivity index (χ0n) is 18.3. The van der Waals surface area contributed by atoms with E-state index < -0.39 is 24.1 Å². The standard InChI is InChI=1S/C21H38N4O4/c1-14(2)18(23-19(26)15(3)22-4)20(27)25-11-10-24(13-17(25)21(28)29)12-16-8-6-5-7-9-16/h14-18,22H,5-13H2,1-4H3,(H,23,26)(H,28,29). The SMILES string of the molecule is CNC(C)C(=O)NC(C(=O)N1CCN(CC2CCCCC2)CC1C(=O)O)C(C)C. The van der Waals surface area contributed by atoms with Gasteiger partial charge in [0.25, 0.3) is 0 Å². The molecule has 2 amide bonds. The number of aliphatic carboxylic acids is 1. The van der Waals surface area contributed by atoms with E-state index in [9.17, 15) is 19.5 Å². The topological polar surface area (TPSA) is 102 Å². The third kappa shape index (κ3) is 6.40. The van der Waals surface area contributed by atoms with E-state index in [1.807, 2.05) is 13.8 Å². The molecule has 1 aliphatic heterocycles. The molecule has 2 aliphatic rings. The lowest BCUT2D eigenvalue weighted by Gasteiger charge is -2.42. The summed E-state index contributed by atoms with van der Waals surface area (Å²) < 4.78 is 0.